The smallest absolute Gasteiger partial charge is 0.307 e. The number of allylic oxidation sites excluding steroid dienone is 2. The summed E-state index contributed by atoms with van der Waals surface area (Å²) in [5, 5.41) is 22.8. The molecular weight excluding hydrogens is 372 g/mol. The molecule has 150 valence electrons. The van der Waals surface area contributed by atoms with Gasteiger partial charge in [-0.2, -0.15) is 5.26 Å². The van der Waals surface area contributed by atoms with Gasteiger partial charge >= 0.3 is 5.97 Å². The van der Waals surface area contributed by atoms with Crippen molar-refractivity contribution in [2.24, 2.45) is 17.8 Å². The molecule has 0 radical (unpaired) electrons. The number of nitrogens with zero attached hydrogens (tertiary/aromatic N) is 1. The van der Waals surface area contributed by atoms with Gasteiger partial charge in [-0.3, -0.25) is 9.59 Å². The number of carboxylic acids is 1. The highest BCUT2D eigenvalue weighted by atomic mass is 32.1. The molecule has 3 atom stereocenters. The second-order valence-corrected chi connectivity index (χ2v) is 9.33. The van der Waals surface area contributed by atoms with Crippen molar-refractivity contribution in [2.75, 3.05) is 5.32 Å². The maximum absolute atomic E-state index is 13.0. The lowest BCUT2D eigenvalue weighted by atomic mass is 9.76. The molecule has 1 heterocycles. The summed E-state index contributed by atoms with van der Waals surface area (Å²) in [5.41, 5.74) is 3.81. The van der Waals surface area contributed by atoms with E-state index in [0.29, 0.717) is 29.3 Å². The zero-order valence-electron chi connectivity index (χ0n) is 16.8. The average molecular weight is 401 g/mol. The summed E-state index contributed by atoms with van der Waals surface area (Å²) in [6.07, 6.45) is 6.16. The topological polar surface area (TPSA) is 90.2 Å². The lowest BCUT2D eigenvalue weighted by molar-refractivity contribution is -0.146. The van der Waals surface area contributed by atoms with Gasteiger partial charge in [0.05, 0.1) is 17.4 Å². The Balaban J connectivity index is 1.83. The first-order valence-electron chi connectivity index (χ1n) is 10.1. The summed E-state index contributed by atoms with van der Waals surface area (Å²) < 4.78 is 0. The number of anilines is 1. The predicted molar refractivity (Wildman–Crippen MR) is 110 cm³/mol. The Kier molecular flexibility index (Phi) is 6.24. The number of hydrogen-bond acceptors (Lipinski definition) is 4. The molecule has 1 aromatic rings. The minimum absolute atomic E-state index is 0.278. The van der Waals surface area contributed by atoms with Gasteiger partial charge in [0, 0.05) is 4.88 Å². The Morgan fingerprint density at radius 1 is 1.21 bits per heavy atom. The Labute approximate surface area is 170 Å². The quantitative estimate of drug-likeness (QED) is 0.687. The molecule has 5 nitrogen and oxygen atoms in total. The summed E-state index contributed by atoms with van der Waals surface area (Å²) in [5.74, 6) is -1.87. The average Bonchev–Trinajstić information content (AvgIpc) is 2.99. The van der Waals surface area contributed by atoms with Crippen molar-refractivity contribution in [3.05, 3.63) is 27.2 Å². The van der Waals surface area contributed by atoms with Crippen LogP contribution in [0.2, 0.25) is 0 Å². The van der Waals surface area contributed by atoms with Crippen LogP contribution in [0.25, 0.3) is 0 Å². The molecule has 0 aliphatic heterocycles. The van der Waals surface area contributed by atoms with Crippen LogP contribution >= 0.6 is 11.3 Å². The van der Waals surface area contributed by atoms with Crippen molar-refractivity contribution >= 4 is 28.2 Å². The number of nitriles is 1. The second-order valence-electron chi connectivity index (χ2n) is 8.23. The van der Waals surface area contributed by atoms with E-state index in [2.05, 4.69) is 18.3 Å². The molecule has 0 unspecified atom stereocenters. The van der Waals surface area contributed by atoms with Gasteiger partial charge in [-0.05, 0) is 57.4 Å². The van der Waals surface area contributed by atoms with Gasteiger partial charge in [0.15, 0.2) is 0 Å². The third kappa shape index (κ3) is 4.00. The van der Waals surface area contributed by atoms with Crippen LogP contribution in [0.3, 0.4) is 0 Å². The maximum atomic E-state index is 13.0. The zero-order valence-corrected chi connectivity index (χ0v) is 17.6. The Morgan fingerprint density at radius 3 is 2.50 bits per heavy atom. The van der Waals surface area contributed by atoms with Gasteiger partial charge in [0.1, 0.15) is 11.1 Å². The number of carboxylic acid groups (broad SMARTS) is 1. The SMILES string of the molecule is CCC[C@@H]1CCc2c(sc(NC(=O)[C@@H]3CC(C)=C(C)C[C@@H]3C(=O)O)c2C#N)C1. The van der Waals surface area contributed by atoms with Crippen LogP contribution in [0.5, 0.6) is 0 Å². The van der Waals surface area contributed by atoms with Gasteiger partial charge in [0.25, 0.3) is 0 Å². The largest absolute Gasteiger partial charge is 0.481 e. The van der Waals surface area contributed by atoms with Crippen molar-refractivity contribution < 1.29 is 14.7 Å². The van der Waals surface area contributed by atoms with Crippen LogP contribution in [0.4, 0.5) is 5.00 Å². The monoisotopic (exact) mass is 400 g/mol. The van der Waals surface area contributed by atoms with E-state index in [-0.39, 0.29) is 5.91 Å². The van der Waals surface area contributed by atoms with E-state index in [1.807, 2.05) is 13.8 Å². The number of carbonyl (C=O) groups is 2. The maximum Gasteiger partial charge on any atom is 0.307 e. The van der Waals surface area contributed by atoms with Crippen molar-refractivity contribution in [1.29, 1.82) is 5.26 Å². The van der Waals surface area contributed by atoms with Crippen molar-refractivity contribution in [2.45, 2.75) is 65.7 Å². The van der Waals surface area contributed by atoms with Crippen molar-refractivity contribution in [3.63, 3.8) is 0 Å². The molecule has 0 spiro atoms. The number of hydrogen-bond donors (Lipinski definition) is 2. The molecule has 0 saturated carbocycles. The van der Waals surface area contributed by atoms with E-state index < -0.39 is 17.8 Å². The molecule has 28 heavy (non-hydrogen) atoms. The van der Waals surface area contributed by atoms with Crippen LogP contribution in [0, 0.1) is 29.1 Å². The number of thiophene rings is 1. The molecule has 3 rings (SSSR count). The molecule has 2 aliphatic carbocycles. The summed E-state index contributed by atoms with van der Waals surface area (Å²) in [4.78, 5) is 25.9. The number of carbonyl (C=O) groups excluding carboxylic acids is 1. The fourth-order valence-electron chi connectivity index (χ4n) is 4.55. The van der Waals surface area contributed by atoms with Crippen molar-refractivity contribution in [1.82, 2.24) is 0 Å². The minimum Gasteiger partial charge on any atom is -0.481 e. The molecular formula is C22H28N2O3S. The molecule has 2 N–H and O–H groups in total. The number of aliphatic carboxylic acids is 1. The summed E-state index contributed by atoms with van der Waals surface area (Å²) in [6.45, 7) is 6.09. The molecule has 0 aromatic carbocycles. The zero-order chi connectivity index (χ0) is 20.4. The van der Waals surface area contributed by atoms with Crippen LogP contribution in [-0.2, 0) is 22.4 Å². The molecule has 1 amide bonds. The fourth-order valence-corrected chi connectivity index (χ4v) is 5.86. The van der Waals surface area contributed by atoms with E-state index in [4.69, 9.17) is 0 Å². The first-order chi connectivity index (χ1) is 13.3. The normalized spacial score (nSPS) is 24.4. The predicted octanol–water partition coefficient (Wildman–Crippen LogP) is 4.91. The van der Waals surface area contributed by atoms with Crippen LogP contribution in [0.15, 0.2) is 11.1 Å². The highest BCUT2D eigenvalue weighted by molar-refractivity contribution is 7.16. The van der Waals surface area contributed by atoms with Crippen molar-refractivity contribution in [3.8, 4) is 6.07 Å². The standard InChI is InChI=1S/C22H28N2O3S/c1-4-5-14-6-7-15-18(11-23)21(28-19(15)10-14)24-20(25)16-8-12(2)13(3)9-17(16)22(26)27/h14,16-17H,4-10H2,1-3H3,(H,24,25)(H,26,27)/t14-,16-,17+/m1/s1. The summed E-state index contributed by atoms with van der Waals surface area (Å²) in [7, 11) is 0. The number of nitrogens with one attached hydrogen (secondary N) is 1. The van der Waals surface area contributed by atoms with E-state index in [1.54, 1.807) is 0 Å². The lowest BCUT2D eigenvalue weighted by Gasteiger charge is -2.29. The Hall–Kier alpha value is -2.13. The minimum atomic E-state index is -0.930. The molecule has 1 aromatic heterocycles. The third-order valence-corrected chi connectivity index (χ3v) is 7.50. The third-order valence-electron chi connectivity index (χ3n) is 6.33. The highest BCUT2D eigenvalue weighted by Gasteiger charge is 2.38. The summed E-state index contributed by atoms with van der Waals surface area (Å²) in [6, 6.07) is 2.28. The Morgan fingerprint density at radius 2 is 1.89 bits per heavy atom. The van der Waals surface area contributed by atoms with Crippen LogP contribution in [0.1, 0.15) is 68.9 Å². The van der Waals surface area contributed by atoms with Gasteiger partial charge in [-0.1, -0.05) is 30.9 Å². The van der Waals surface area contributed by atoms with Gasteiger partial charge in [-0.25, -0.2) is 0 Å². The van der Waals surface area contributed by atoms with Crippen LogP contribution < -0.4 is 5.32 Å². The lowest BCUT2D eigenvalue weighted by Crippen LogP contribution is -2.36. The number of amides is 1. The van der Waals surface area contributed by atoms with Gasteiger partial charge < -0.3 is 10.4 Å². The van der Waals surface area contributed by atoms with E-state index in [0.717, 1.165) is 42.4 Å². The second kappa shape index (κ2) is 8.48. The first-order valence-corrected chi connectivity index (χ1v) is 10.9. The number of rotatable bonds is 5. The number of fused-ring (bicyclic) bond motifs is 1. The van der Waals surface area contributed by atoms with E-state index >= 15 is 0 Å². The molecule has 0 bridgehead atoms. The molecule has 0 saturated heterocycles. The van der Waals surface area contributed by atoms with Crippen LogP contribution in [-0.4, -0.2) is 17.0 Å². The highest BCUT2D eigenvalue weighted by Crippen LogP contribution is 2.41. The van der Waals surface area contributed by atoms with Gasteiger partial charge in [-0.15, -0.1) is 11.3 Å². The Bertz CT molecular complexity index is 862. The first kappa shape index (κ1) is 20.6. The van der Waals surface area contributed by atoms with E-state index in [1.165, 1.54) is 22.6 Å². The van der Waals surface area contributed by atoms with Gasteiger partial charge in [0.2, 0.25) is 5.91 Å². The summed E-state index contributed by atoms with van der Waals surface area (Å²) >= 11 is 1.51. The fraction of sp³-hybridized carbons (Fsp3) is 0.591. The molecule has 6 heteroatoms. The van der Waals surface area contributed by atoms with E-state index in [9.17, 15) is 20.0 Å². The molecule has 0 fully saturated rings. The molecule has 2 aliphatic rings.